The number of fused-ring (bicyclic) bond motifs is 2. The predicted octanol–water partition coefficient (Wildman–Crippen LogP) is 1.88. The first-order valence-corrected chi connectivity index (χ1v) is 7.88. The molecule has 132 valence electrons. The van der Waals surface area contributed by atoms with E-state index in [-0.39, 0.29) is 12.5 Å². The molecule has 2 amide bonds. The Morgan fingerprint density at radius 3 is 2.88 bits per heavy atom. The quantitative estimate of drug-likeness (QED) is 0.849. The highest BCUT2D eigenvalue weighted by molar-refractivity contribution is 6.02. The average molecular weight is 344 g/mol. The summed E-state index contributed by atoms with van der Waals surface area (Å²) < 4.78 is 11.0. The van der Waals surface area contributed by atoms with E-state index in [9.17, 15) is 9.59 Å². The summed E-state index contributed by atoms with van der Waals surface area (Å²) in [5.41, 5.74) is 0.665. The number of alkyl carbamates (subject to hydrolysis) is 1. The SMILES string of the molecule is CN1C(=O)[C@@H](NC(=O)OC(C)(C)C)COc2cc3ncncc3cc21. The maximum atomic E-state index is 12.7. The van der Waals surface area contributed by atoms with Crippen LogP contribution in [0.3, 0.4) is 0 Å². The lowest BCUT2D eigenvalue weighted by Crippen LogP contribution is -2.50. The maximum Gasteiger partial charge on any atom is 0.408 e. The molecule has 1 N–H and O–H groups in total. The normalized spacial score (nSPS) is 17.5. The van der Waals surface area contributed by atoms with Gasteiger partial charge in [-0.25, -0.2) is 14.8 Å². The van der Waals surface area contributed by atoms with Gasteiger partial charge in [-0.3, -0.25) is 4.79 Å². The van der Waals surface area contributed by atoms with Gasteiger partial charge in [0.05, 0.1) is 11.2 Å². The summed E-state index contributed by atoms with van der Waals surface area (Å²) in [6.45, 7) is 5.28. The van der Waals surface area contributed by atoms with E-state index < -0.39 is 17.7 Å². The predicted molar refractivity (Wildman–Crippen MR) is 91.6 cm³/mol. The van der Waals surface area contributed by atoms with E-state index in [0.29, 0.717) is 17.0 Å². The van der Waals surface area contributed by atoms with Crippen molar-refractivity contribution in [3.63, 3.8) is 0 Å². The number of benzene rings is 1. The second-order valence-electron chi connectivity index (χ2n) is 6.81. The number of rotatable bonds is 1. The molecular formula is C17H20N4O4. The number of nitrogens with zero attached hydrogens (tertiary/aromatic N) is 3. The fraction of sp³-hybridized carbons (Fsp3) is 0.412. The minimum Gasteiger partial charge on any atom is -0.489 e. The van der Waals surface area contributed by atoms with Crippen molar-refractivity contribution < 1.29 is 19.1 Å². The van der Waals surface area contributed by atoms with E-state index in [1.165, 1.54) is 11.2 Å². The van der Waals surface area contributed by atoms with Crippen molar-refractivity contribution in [3.05, 3.63) is 24.7 Å². The Morgan fingerprint density at radius 1 is 1.40 bits per heavy atom. The van der Waals surface area contributed by atoms with Crippen LogP contribution in [-0.2, 0) is 9.53 Å². The fourth-order valence-electron chi connectivity index (χ4n) is 2.53. The van der Waals surface area contributed by atoms with Crippen molar-refractivity contribution >= 4 is 28.6 Å². The summed E-state index contributed by atoms with van der Waals surface area (Å²) in [5, 5.41) is 3.36. The number of aromatic nitrogens is 2. The topological polar surface area (TPSA) is 93.7 Å². The highest BCUT2D eigenvalue weighted by Crippen LogP contribution is 2.34. The summed E-state index contributed by atoms with van der Waals surface area (Å²) in [4.78, 5) is 34.3. The maximum absolute atomic E-state index is 12.7. The summed E-state index contributed by atoms with van der Waals surface area (Å²) in [6.07, 6.45) is 2.46. The van der Waals surface area contributed by atoms with Crippen LogP contribution in [0.25, 0.3) is 10.9 Å². The van der Waals surface area contributed by atoms with Crippen LogP contribution < -0.4 is 15.0 Å². The fourth-order valence-corrected chi connectivity index (χ4v) is 2.53. The molecule has 0 saturated carbocycles. The lowest BCUT2D eigenvalue weighted by atomic mass is 10.2. The van der Waals surface area contributed by atoms with E-state index in [2.05, 4.69) is 15.3 Å². The molecule has 0 unspecified atom stereocenters. The van der Waals surface area contributed by atoms with Gasteiger partial charge in [-0.05, 0) is 26.8 Å². The van der Waals surface area contributed by atoms with Gasteiger partial charge < -0.3 is 19.7 Å². The zero-order valence-corrected chi connectivity index (χ0v) is 14.6. The summed E-state index contributed by atoms with van der Waals surface area (Å²) in [7, 11) is 1.63. The molecule has 8 heteroatoms. The van der Waals surface area contributed by atoms with Gasteiger partial charge in [0.2, 0.25) is 0 Å². The Morgan fingerprint density at radius 2 is 2.16 bits per heavy atom. The van der Waals surface area contributed by atoms with Gasteiger partial charge in [0.1, 0.15) is 30.3 Å². The van der Waals surface area contributed by atoms with E-state index in [4.69, 9.17) is 9.47 Å². The van der Waals surface area contributed by atoms with Crippen LogP contribution in [0, 0.1) is 0 Å². The van der Waals surface area contributed by atoms with Crippen molar-refractivity contribution in [3.8, 4) is 5.75 Å². The number of hydrogen-bond donors (Lipinski definition) is 1. The van der Waals surface area contributed by atoms with Crippen LogP contribution in [0.2, 0.25) is 0 Å². The third kappa shape index (κ3) is 3.62. The summed E-state index contributed by atoms with van der Waals surface area (Å²) in [6, 6.07) is 2.70. The Hall–Kier alpha value is -2.90. The lowest BCUT2D eigenvalue weighted by Gasteiger charge is -2.23. The molecule has 0 spiro atoms. The van der Waals surface area contributed by atoms with Crippen LogP contribution in [0.5, 0.6) is 5.75 Å². The number of carbonyl (C=O) groups is 2. The second-order valence-corrected chi connectivity index (χ2v) is 6.81. The second kappa shape index (κ2) is 6.19. The molecule has 1 atom stereocenters. The van der Waals surface area contributed by atoms with E-state index in [1.807, 2.05) is 0 Å². The molecule has 0 saturated heterocycles. The van der Waals surface area contributed by atoms with E-state index in [0.717, 1.165) is 5.39 Å². The Balaban J connectivity index is 1.85. The van der Waals surface area contributed by atoms with Gasteiger partial charge in [-0.15, -0.1) is 0 Å². The highest BCUT2D eigenvalue weighted by atomic mass is 16.6. The van der Waals surface area contributed by atoms with E-state index in [1.54, 1.807) is 46.1 Å². The van der Waals surface area contributed by atoms with Crippen molar-refractivity contribution in [2.75, 3.05) is 18.6 Å². The first-order chi connectivity index (χ1) is 11.7. The molecule has 3 rings (SSSR count). The Kier molecular flexibility index (Phi) is 4.20. The zero-order chi connectivity index (χ0) is 18.2. The Labute approximate surface area is 145 Å². The number of hydrogen-bond acceptors (Lipinski definition) is 6. The molecule has 2 heterocycles. The van der Waals surface area contributed by atoms with Crippen LogP contribution in [0.4, 0.5) is 10.5 Å². The average Bonchev–Trinajstić information content (AvgIpc) is 2.64. The molecule has 1 aromatic carbocycles. The number of likely N-dealkylation sites (N-methyl/N-ethyl adjacent to an activating group) is 1. The molecular weight excluding hydrogens is 324 g/mol. The zero-order valence-electron chi connectivity index (χ0n) is 14.6. The van der Waals surface area contributed by atoms with Gasteiger partial charge in [-0.2, -0.15) is 0 Å². The van der Waals surface area contributed by atoms with Crippen LogP contribution in [-0.4, -0.2) is 47.3 Å². The summed E-state index contributed by atoms with van der Waals surface area (Å²) >= 11 is 0. The lowest BCUT2D eigenvalue weighted by molar-refractivity contribution is -0.120. The van der Waals surface area contributed by atoms with Crippen LogP contribution in [0.1, 0.15) is 20.8 Å². The molecule has 0 bridgehead atoms. The number of nitrogens with one attached hydrogen (secondary N) is 1. The molecule has 1 aliphatic rings. The first-order valence-electron chi connectivity index (χ1n) is 7.88. The van der Waals surface area contributed by atoms with Gasteiger partial charge in [-0.1, -0.05) is 0 Å². The molecule has 1 aromatic heterocycles. The standard InChI is InChI=1S/C17H20N4O4/c1-17(2,3)25-16(23)20-12-8-24-14-6-11-10(7-18-9-19-11)5-13(14)21(4)15(12)22/h5-7,9,12H,8H2,1-4H3,(H,20,23)/t12-/m0/s1. The van der Waals surface area contributed by atoms with Crippen molar-refractivity contribution in [2.45, 2.75) is 32.4 Å². The van der Waals surface area contributed by atoms with Gasteiger partial charge in [0.25, 0.3) is 5.91 Å². The minimum absolute atomic E-state index is 0.00596. The largest absolute Gasteiger partial charge is 0.489 e. The van der Waals surface area contributed by atoms with Crippen LogP contribution >= 0.6 is 0 Å². The molecule has 0 fully saturated rings. The van der Waals surface area contributed by atoms with E-state index >= 15 is 0 Å². The van der Waals surface area contributed by atoms with Crippen molar-refractivity contribution in [1.29, 1.82) is 0 Å². The smallest absolute Gasteiger partial charge is 0.408 e. The molecule has 0 aliphatic carbocycles. The van der Waals surface area contributed by atoms with Crippen molar-refractivity contribution in [2.24, 2.45) is 0 Å². The molecule has 8 nitrogen and oxygen atoms in total. The van der Waals surface area contributed by atoms with Gasteiger partial charge in [0.15, 0.2) is 0 Å². The monoisotopic (exact) mass is 344 g/mol. The number of amides is 2. The number of ether oxygens (including phenoxy) is 2. The molecule has 25 heavy (non-hydrogen) atoms. The minimum atomic E-state index is -0.846. The molecule has 0 radical (unpaired) electrons. The Bertz CT molecular complexity index is 831. The third-order valence-corrected chi connectivity index (χ3v) is 3.67. The molecule has 1 aliphatic heterocycles. The van der Waals surface area contributed by atoms with Gasteiger partial charge >= 0.3 is 6.09 Å². The number of anilines is 1. The van der Waals surface area contributed by atoms with Crippen molar-refractivity contribution in [1.82, 2.24) is 15.3 Å². The third-order valence-electron chi connectivity index (χ3n) is 3.67. The summed E-state index contributed by atoms with van der Waals surface area (Å²) in [5.74, 6) is 0.233. The van der Waals surface area contributed by atoms with Crippen LogP contribution in [0.15, 0.2) is 24.7 Å². The first kappa shape index (κ1) is 16.9. The molecule has 2 aromatic rings. The highest BCUT2D eigenvalue weighted by Gasteiger charge is 2.32. The number of carbonyl (C=O) groups excluding carboxylic acids is 2. The van der Waals surface area contributed by atoms with Gasteiger partial charge in [0, 0.05) is 24.7 Å².